The number of rotatable bonds is 6. The number of aryl methyl sites for hydroxylation is 1. The Labute approximate surface area is 213 Å². The van der Waals surface area contributed by atoms with Crippen molar-refractivity contribution in [3.8, 4) is 11.5 Å². The zero-order valence-corrected chi connectivity index (χ0v) is 22.2. The van der Waals surface area contributed by atoms with E-state index in [-0.39, 0.29) is 18.1 Å². The van der Waals surface area contributed by atoms with Gasteiger partial charge in [0.1, 0.15) is 11.5 Å². The molecule has 1 spiro atoms. The van der Waals surface area contributed by atoms with Gasteiger partial charge in [-0.15, -0.1) is 0 Å². The van der Waals surface area contributed by atoms with E-state index < -0.39 is 10.0 Å². The standard InChI is InChI=1S/C27H35N3O5S/c1-28-23-15-21(35-3)8-9-22(23)25-26(28)24(17-31)29(16-19-6-5-7-20(14-19)34-2)18-27(25)10-12-30(13-11-27)36(4,32)33/h5-9,14-15,24,31H,10-13,16-18H2,1-4H3/t24-/m1/s1. The molecule has 1 aromatic heterocycles. The number of aromatic nitrogens is 1. The summed E-state index contributed by atoms with van der Waals surface area (Å²) >= 11 is 0. The number of aliphatic hydroxyl groups excluding tert-OH is 1. The zero-order chi connectivity index (χ0) is 25.7. The van der Waals surface area contributed by atoms with E-state index in [2.05, 4.69) is 28.6 Å². The van der Waals surface area contributed by atoms with Crippen LogP contribution in [0.25, 0.3) is 10.9 Å². The van der Waals surface area contributed by atoms with Crippen LogP contribution in [-0.4, -0.2) is 74.0 Å². The highest BCUT2D eigenvalue weighted by molar-refractivity contribution is 7.88. The fourth-order valence-corrected chi connectivity index (χ4v) is 7.13. The lowest BCUT2D eigenvalue weighted by Gasteiger charge is -2.50. The Morgan fingerprint density at radius 1 is 1.06 bits per heavy atom. The lowest BCUT2D eigenvalue weighted by molar-refractivity contribution is 0.0515. The van der Waals surface area contributed by atoms with Crippen molar-refractivity contribution >= 4 is 20.9 Å². The third-order valence-electron chi connectivity index (χ3n) is 8.09. The molecule has 1 N–H and O–H groups in total. The third kappa shape index (κ3) is 4.18. The number of nitrogens with zero attached hydrogens (tertiary/aromatic N) is 3. The summed E-state index contributed by atoms with van der Waals surface area (Å²) in [7, 11) is 2.14. The van der Waals surface area contributed by atoms with Crippen LogP contribution in [0.5, 0.6) is 11.5 Å². The van der Waals surface area contributed by atoms with Crippen molar-refractivity contribution in [1.29, 1.82) is 0 Å². The molecule has 0 amide bonds. The second kappa shape index (κ2) is 9.37. The Morgan fingerprint density at radius 2 is 1.75 bits per heavy atom. The molecule has 5 rings (SSSR count). The molecule has 0 aliphatic carbocycles. The first-order valence-electron chi connectivity index (χ1n) is 12.3. The van der Waals surface area contributed by atoms with Crippen LogP contribution in [0.4, 0.5) is 0 Å². The van der Waals surface area contributed by atoms with Gasteiger partial charge in [0.25, 0.3) is 0 Å². The number of sulfonamides is 1. The average molecular weight is 514 g/mol. The van der Waals surface area contributed by atoms with Gasteiger partial charge in [-0.2, -0.15) is 0 Å². The van der Waals surface area contributed by atoms with E-state index in [1.165, 1.54) is 11.8 Å². The van der Waals surface area contributed by atoms with Crippen LogP contribution in [-0.2, 0) is 29.0 Å². The van der Waals surface area contributed by atoms with E-state index >= 15 is 0 Å². The molecule has 0 radical (unpaired) electrons. The lowest BCUT2D eigenvalue weighted by atomic mass is 9.68. The Morgan fingerprint density at radius 3 is 2.39 bits per heavy atom. The predicted molar refractivity (Wildman–Crippen MR) is 140 cm³/mol. The van der Waals surface area contributed by atoms with Crippen molar-refractivity contribution in [2.24, 2.45) is 7.05 Å². The Kier molecular flexibility index (Phi) is 6.53. The zero-order valence-electron chi connectivity index (χ0n) is 21.4. The van der Waals surface area contributed by atoms with E-state index in [0.29, 0.717) is 19.6 Å². The number of fused-ring (bicyclic) bond motifs is 4. The Balaban J connectivity index is 1.65. The second-order valence-electron chi connectivity index (χ2n) is 10.1. The maximum absolute atomic E-state index is 12.3. The van der Waals surface area contributed by atoms with Crippen molar-refractivity contribution in [1.82, 2.24) is 13.8 Å². The van der Waals surface area contributed by atoms with Crippen LogP contribution in [0.3, 0.4) is 0 Å². The van der Waals surface area contributed by atoms with E-state index in [9.17, 15) is 13.5 Å². The van der Waals surface area contributed by atoms with Crippen molar-refractivity contribution in [3.63, 3.8) is 0 Å². The fourth-order valence-electron chi connectivity index (χ4n) is 6.29. The van der Waals surface area contributed by atoms with Crippen molar-refractivity contribution in [2.45, 2.75) is 30.8 Å². The van der Waals surface area contributed by atoms with Crippen LogP contribution in [0.15, 0.2) is 42.5 Å². The van der Waals surface area contributed by atoms with Gasteiger partial charge in [0, 0.05) is 55.8 Å². The average Bonchev–Trinajstić information content (AvgIpc) is 3.16. The summed E-state index contributed by atoms with van der Waals surface area (Å²) in [5, 5.41) is 11.8. The van der Waals surface area contributed by atoms with Crippen molar-refractivity contribution in [2.75, 3.05) is 46.7 Å². The minimum Gasteiger partial charge on any atom is -0.497 e. The number of piperidine rings is 1. The molecule has 0 saturated carbocycles. The van der Waals surface area contributed by atoms with Crippen LogP contribution in [0.1, 0.15) is 35.7 Å². The lowest BCUT2D eigenvalue weighted by Crippen LogP contribution is -2.54. The van der Waals surface area contributed by atoms with Crippen LogP contribution >= 0.6 is 0 Å². The van der Waals surface area contributed by atoms with E-state index in [4.69, 9.17) is 9.47 Å². The summed E-state index contributed by atoms with van der Waals surface area (Å²) in [6.07, 6.45) is 2.74. The molecule has 2 aromatic carbocycles. The smallest absolute Gasteiger partial charge is 0.211 e. The van der Waals surface area contributed by atoms with Crippen LogP contribution in [0, 0.1) is 0 Å². The first kappa shape index (κ1) is 25.1. The molecule has 1 atom stereocenters. The molecule has 9 heteroatoms. The van der Waals surface area contributed by atoms with E-state index in [1.807, 2.05) is 30.3 Å². The minimum atomic E-state index is -3.25. The quantitative estimate of drug-likeness (QED) is 0.546. The SMILES string of the molecule is COc1cccc(CN2CC3(CCN(S(C)(=O)=O)CC3)c3c(n(C)c4cc(OC)ccc34)[C@H]2CO)c1. The molecule has 0 unspecified atom stereocenters. The normalized spacial score (nSPS) is 20.5. The van der Waals surface area contributed by atoms with Gasteiger partial charge in [-0.3, -0.25) is 4.90 Å². The highest BCUT2D eigenvalue weighted by Gasteiger charge is 2.48. The number of hydrogen-bond acceptors (Lipinski definition) is 6. The Bertz CT molecular complexity index is 1380. The van der Waals surface area contributed by atoms with Gasteiger partial charge < -0.3 is 19.1 Å². The summed E-state index contributed by atoms with van der Waals surface area (Å²) in [5.74, 6) is 1.59. The third-order valence-corrected chi connectivity index (χ3v) is 9.39. The highest BCUT2D eigenvalue weighted by atomic mass is 32.2. The van der Waals surface area contributed by atoms with E-state index in [1.54, 1.807) is 18.5 Å². The maximum atomic E-state index is 12.3. The second-order valence-corrected chi connectivity index (χ2v) is 12.1. The molecule has 36 heavy (non-hydrogen) atoms. The maximum Gasteiger partial charge on any atom is 0.211 e. The summed E-state index contributed by atoms with van der Waals surface area (Å²) in [6.45, 7) is 2.36. The van der Waals surface area contributed by atoms with Gasteiger partial charge in [0.05, 0.1) is 38.6 Å². The largest absolute Gasteiger partial charge is 0.497 e. The number of aliphatic hydroxyl groups is 1. The molecule has 1 saturated heterocycles. The first-order valence-corrected chi connectivity index (χ1v) is 14.2. The number of methoxy groups -OCH3 is 2. The van der Waals surface area contributed by atoms with Crippen molar-refractivity contribution < 1.29 is 23.0 Å². The predicted octanol–water partition coefficient (Wildman–Crippen LogP) is 3.04. The first-order chi connectivity index (χ1) is 17.2. The van der Waals surface area contributed by atoms with Gasteiger partial charge in [-0.05, 0) is 48.2 Å². The molecular weight excluding hydrogens is 478 g/mol. The number of hydrogen-bond donors (Lipinski definition) is 1. The number of ether oxygens (including phenoxy) is 2. The monoisotopic (exact) mass is 513 g/mol. The summed E-state index contributed by atoms with van der Waals surface area (Å²) in [5.41, 5.74) is 4.29. The van der Waals surface area contributed by atoms with Crippen molar-refractivity contribution in [3.05, 3.63) is 59.3 Å². The van der Waals surface area contributed by atoms with Gasteiger partial charge in [-0.25, -0.2) is 12.7 Å². The molecule has 1 fully saturated rings. The molecule has 3 aromatic rings. The molecular formula is C27H35N3O5S. The minimum absolute atomic E-state index is 0.0101. The van der Waals surface area contributed by atoms with Crippen LogP contribution in [0.2, 0.25) is 0 Å². The van der Waals surface area contributed by atoms with Gasteiger partial charge in [0.15, 0.2) is 0 Å². The summed E-state index contributed by atoms with van der Waals surface area (Å²) in [6, 6.07) is 14.0. The molecule has 0 bridgehead atoms. The van der Waals surface area contributed by atoms with E-state index in [0.717, 1.165) is 53.0 Å². The van der Waals surface area contributed by atoms with Crippen LogP contribution < -0.4 is 9.47 Å². The van der Waals surface area contributed by atoms with Gasteiger partial charge >= 0.3 is 0 Å². The molecule has 3 heterocycles. The molecule has 2 aliphatic heterocycles. The fraction of sp³-hybridized carbons (Fsp3) is 0.481. The summed E-state index contributed by atoms with van der Waals surface area (Å²) < 4.78 is 39.4. The van der Waals surface area contributed by atoms with Gasteiger partial charge in [0.2, 0.25) is 10.0 Å². The number of benzene rings is 2. The molecule has 194 valence electrons. The summed E-state index contributed by atoms with van der Waals surface area (Å²) in [4.78, 5) is 2.35. The topological polar surface area (TPSA) is 84.2 Å². The molecule has 2 aliphatic rings. The highest BCUT2D eigenvalue weighted by Crippen LogP contribution is 2.50. The Hall–Kier alpha value is -2.59. The van der Waals surface area contributed by atoms with Gasteiger partial charge in [-0.1, -0.05) is 12.1 Å². The molecule has 8 nitrogen and oxygen atoms in total.